The first-order valence-electron chi connectivity index (χ1n) is 11.0. The predicted molar refractivity (Wildman–Crippen MR) is 126 cm³/mol. The van der Waals surface area contributed by atoms with E-state index in [9.17, 15) is 22.8 Å². The predicted octanol–water partition coefficient (Wildman–Crippen LogP) is 6.47. The van der Waals surface area contributed by atoms with Crippen LogP contribution in [0.2, 0.25) is 0 Å². The van der Waals surface area contributed by atoms with E-state index in [-0.39, 0.29) is 24.3 Å². The summed E-state index contributed by atoms with van der Waals surface area (Å²) in [5.74, 6) is -1.22. The molecule has 5 nitrogen and oxygen atoms in total. The molecule has 3 aromatic rings. The van der Waals surface area contributed by atoms with Gasteiger partial charge in [-0.25, -0.2) is 4.79 Å². The minimum Gasteiger partial charge on any atom is -0.481 e. The lowest BCUT2D eigenvalue weighted by atomic mass is 9.93. The molecule has 35 heavy (non-hydrogen) atoms. The van der Waals surface area contributed by atoms with Gasteiger partial charge in [0.25, 0.3) is 0 Å². The van der Waals surface area contributed by atoms with Crippen molar-refractivity contribution in [1.82, 2.24) is 4.90 Å². The molecule has 0 saturated carbocycles. The van der Waals surface area contributed by atoms with E-state index in [1.165, 1.54) is 11.0 Å². The molecule has 0 aromatic heterocycles. The molecule has 0 saturated heterocycles. The number of rotatable bonds is 8. The molecule has 0 aliphatic carbocycles. The van der Waals surface area contributed by atoms with Crippen molar-refractivity contribution < 1.29 is 32.6 Å². The number of hydrogen-bond acceptors (Lipinski definition) is 3. The van der Waals surface area contributed by atoms with E-state index < -0.39 is 30.2 Å². The number of aryl methyl sites for hydroxylation is 1. The summed E-state index contributed by atoms with van der Waals surface area (Å²) in [5, 5.41) is 9.12. The molecular weight excluding hydrogens is 459 g/mol. The molecule has 3 aromatic carbocycles. The molecule has 0 heterocycles. The molecule has 1 amide bonds. The van der Waals surface area contributed by atoms with Gasteiger partial charge in [-0.15, -0.1) is 0 Å². The van der Waals surface area contributed by atoms with Crippen molar-refractivity contribution in [3.05, 3.63) is 94.5 Å². The number of carboxylic acid groups (broad SMARTS) is 1. The van der Waals surface area contributed by atoms with Crippen molar-refractivity contribution in [3.63, 3.8) is 0 Å². The lowest BCUT2D eigenvalue weighted by molar-refractivity contribution is -0.138. The van der Waals surface area contributed by atoms with E-state index in [0.29, 0.717) is 17.7 Å². The summed E-state index contributed by atoms with van der Waals surface area (Å²) in [5.41, 5.74) is 2.18. The van der Waals surface area contributed by atoms with Crippen LogP contribution >= 0.6 is 0 Å². The zero-order chi connectivity index (χ0) is 25.6. The summed E-state index contributed by atoms with van der Waals surface area (Å²) in [6.45, 7) is 4.18. The average Bonchev–Trinajstić information content (AvgIpc) is 2.80. The molecule has 3 rings (SSSR count). The van der Waals surface area contributed by atoms with Crippen molar-refractivity contribution >= 4 is 12.1 Å². The maximum Gasteiger partial charge on any atom is 0.416 e. The third kappa shape index (κ3) is 7.09. The van der Waals surface area contributed by atoms with E-state index in [1.807, 2.05) is 37.3 Å². The van der Waals surface area contributed by atoms with Crippen molar-refractivity contribution in [1.29, 1.82) is 0 Å². The highest BCUT2D eigenvalue weighted by molar-refractivity contribution is 5.75. The summed E-state index contributed by atoms with van der Waals surface area (Å²) in [6.07, 6.45) is -5.71. The number of alkyl halides is 3. The van der Waals surface area contributed by atoms with Gasteiger partial charge in [0.05, 0.1) is 12.0 Å². The number of ether oxygens (including phenoxy) is 1. The zero-order valence-electron chi connectivity index (χ0n) is 19.4. The summed E-state index contributed by atoms with van der Waals surface area (Å²) in [4.78, 5) is 25.4. The normalized spacial score (nSPS) is 11.2. The Morgan fingerprint density at radius 2 is 1.69 bits per heavy atom. The third-order valence-corrected chi connectivity index (χ3v) is 5.45. The van der Waals surface area contributed by atoms with Gasteiger partial charge in [-0.1, -0.05) is 60.2 Å². The first-order valence-corrected chi connectivity index (χ1v) is 11.0. The van der Waals surface area contributed by atoms with Gasteiger partial charge in [-0.2, -0.15) is 13.2 Å². The monoisotopic (exact) mass is 485 g/mol. The Hall–Kier alpha value is -3.81. The number of carbonyl (C=O) groups is 2. The standard InChI is InChI=1S/C27H26F3NO4/c1-3-31(26(34)35-17-19-7-5-4-6-8-19)16-22-11-18(2)9-10-24(22)21-12-20(14-25(32)33)13-23(15-21)27(28,29)30/h4-13,15H,3,14,16-17H2,1-2H3,(H,32,33). The Morgan fingerprint density at radius 1 is 0.971 bits per heavy atom. The maximum absolute atomic E-state index is 13.5. The van der Waals surface area contributed by atoms with Crippen LogP contribution in [0.1, 0.15) is 34.7 Å². The highest BCUT2D eigenvalue weighted by Gasteiger charge is 2.31. The molecule has 0 atom stereocenters. The molecule has 0 fully saturated rings. The topological polar surface area (TPSA) is 66.8 Å². The number of carboxylic acids is 1. The SMILES string of the molecule is CCN(Cc1cc(C)ccc1-c1cc(CC(=O)O)cc(C(F)(F)F)c1)C(=O)OCc1ccccc1. The number of hydrogen-bond donors (Lipinski definition) is 1. The molecule has 0 unspecified atom stereocenters. The van der Waals surface area contributed by atoms with Gasteiger partial charge in [-0.3, -0.25) is 4.79 Å². The Labute approximate surface area is 201 Å². The number of amides is 1. The minimum absolute atomic E-state index is 0.0449. The van der Waals surface area contributed by atoms with Crippen LogP contribution in [0, 0.1) is 6.92 Å². The number of carbonyl (C=O) groups excluding carboxylic acids is 1. The zero-order valence-corrected chi connectivity index (χ0v) is 19.4. The van der Waals surface area contributed by atoms with Crippen LogP contribution in [-0.2, 0) is 35.3 Å². The van der Waals surface area contributed by atoms with Crippen molar-refractivity contribution in [3.8, 4) is 11.1 Å². The van der Waals surface area contributed by atoms with Gasteiger partial charge in [0.15, 0.2) is 0 Å². The van der Waals surface area contributed by atoms with E-state index >= 15 is 0 Å². The summed E-state index contributed by atoms with van der Waals surface area (Å²) >= 11 is 0. The van der Waals surface area contributed by atoms with Gasteiger partial charge in [0, 0.05) is 13.1 Å². The molecule has 1 N–H and O–H groups in total. The fourth-order valence-corrected chi connectivity index (χ4v) is 3.74. The van der Waals surface area contributed by atoms with Gasteiger partial charge < -0.3 is 14.7 Å². The Bertz CT molecular complexity index is 1190. The molecule has 184 valence electrons. The molecule has 0 spiro atoms. The number of aliphatic carboxylic acids is 1. The summed E-state index contributed by atoms with van der Waals surface area (Å²) < 4.78 is 46.1. The maximum atomic E-state index is 13.5. The van der Waals surface area contributed by atoms with Crippen molar-refractivity contribution in [2.24, 2.45) is 0 Å². The average molecular weight is 486 g/mol. The number of nitrogens with zero attached hydrogens (tertiary/aromatic N) is 1. The largest absolute Gasteiger partial charge is 0.481 e. The van der Waals surface area contributed by atoms with Crippen LogP contribution in [0.25, 0.3) is 11.1 Å². The Kier molecular flexibility index (Phi) is 8.17. The minimum atomic E-state index is -4.63. The van der Waals surface area contributed by atoms with E-state index in [2.05, 4.69) is 0 Å². The molecule has 0 bridgehead atoms. The second kappa shape index (κ2) is 11.1. The van der Waals surface area contributed by atoms with E-state index in [1.54, 1.807) is 25.1 Å². The lowest BCUT2D eigenvalue weighted by Crippen LogP contribution is -2.31. The molecule has 0 radical (unpaired) electrons. The fourth-order valence-electron chi connectivity index (χ4n) is 3.74. The van der Waals surface area contributed by atoms with Crippen molar-refractivity contribution in [2.75, 3.05) is 6.54 Å². The summed E-state index contributed by atoms with van der Waals surface area (Å²) in [7, 11) is 0. The van der Waals surface area contributed by atoms with Crippen molar-refractivity contribution in [2.45, 2.75) is 39.6 Å². The van der Waals surface area contributed by atoms with Gasteiger partial charge in [-0.05, 0) is 53.8 Å². The van der Waals surface area contributed by atoms with E-state index in [4.69, 9.17) is 9.84 Å². The van der Waals surface area contributed by atoms with Crippen LogP contribution in [-0.4, -0.2) is 28.6 Å². The van der Waals surface area contributed by atoms with Gasteiger partial charge >= 0.3 is 18.2 Å². The molecular formula is C27H26F3NO4. The van der Waals surface area contributed by atoms with Gasteiger partial charge in [0.2, 0.25) is 0 Å². The lowest BCUT2D eigenvalue weighted by Gasteiger charge is -2.23. The number of benzene rings is 3. The second-order valence-corrected chi connectivity index (χ2v) is 8.20. The second-order valence-electron chi connectivity index (χ2n) is 8.20. The number of halogens is 3. The van der Waals surface area contributed by atoms with Crippen LogP contribution in [0.5, 0.6) is 0 Å². The van der Waals surface area contributed by atoms with Crippen LogP contribution in [0.3, 0.4) is 0 Å². The fraction of sp³-hybridized carbons (Fsp3) is 0.259. The first-order chi connectivity index (χ1) is 16.6. The molecule has 8 heteroatoms. The molecule has 0 aliphatic heterocycles. The summed E-state index contributed by atoms with van der Waals surface area (Å²) in [6, 6.07) is 17.8. The quantitative estimate of drug-likeness (QED) is 0.397. The molecule has 0 aliphatic rings. The highest BCUT2D eigenvalue weighted by atomic mass is 19.4. The first kappa shape index (κ1) is 25.8. The smallest absolute Gasteiger partial charge is 0.416 e. The van der Waals surface area contributed by atoms with Crippen LogP contribution < -0.4 is 0 Å². The highest BCUT2D eigenvalue weighted by Crippen LogP contribution is 2.35. The third-order valence-electron chi connectivity index (χ3n) is 5.45. The van der Waals surface area contributed by atoms with Crippen LogP contribution in [0.15, 0.2) is 66.7 Å². The Balaban J connectivity index is 1.93. The van der Waals surface area contributed by atoms with Gasteiger partial charge in [0.1, 0.15) is 6.61 Å². The Morgan fingerprint density at radius 3 is 2.31 bits per heavy atom. The van der Waals surface area contributed by atoms with Crippen LogP contribution in [0.4, 0.5) is 18.0 Å². The van der Waals surface area contributed by atoms with E-state index in [0.717, 1.165) is 23.3 Å².